The maximum atomic E-state index is 12.2. The molecular weight excluding hydrogens is 238 g/mol. The first-order valence-electron chi connectivity index (χ1n) is 6.66. The zero-order valence-electron chi connectivity index (χ0n) is 10.8. The molecule has 1 aliphatic heterocycles. The number of nitrogens with zero attached hydrogens (tertiary/aromatic N) is 1. The molecule has 0 radical (unpaired) electrons. The Bertz CT molecular complexity index is 588. The van der Waals surface area contributed by atoms with E-state index in [9.17, 15) is 4.79 Å². The van der Waals surface area contributed by atoms with Gasteiger partial charge in [-0.1, -0.05) is 42.5 Å². The van der Waals surface area contributed by atoms with Crippen LogP contribution in [0.1, 0.15) is 5.56 Å². The standard InChI is InChI=1S/C16H17NO2/c18-16(17-7-9-19-10-8-17)12-13-5-6-14-3-1-2-4-15(14)11-13/h1-6,11H,7-10,12H2. The third kappa shape index (κ3) is 2.76. The van der Waals surface area contributed by atoms with Crippen LogP contribution < -0.4 is 0 Å². The molecule has 2 aromatic carbocycles. The van der Waals surface area contributed by atoms with Gasteiger partial charge in [0.25, 0.3) is 0 Å². The molecule has 1 fully saturated rings. The minimum Gasteiger partial charge on any atom is -0.378 e. The maximum Gasteiger partial charge on any atom is 0.227 e. The molecule has 1 heterocycles. The van der Waals surface area contributed by atoms with Gasteiger partial charge < -0.3 is 9.64 Å². The normalized spacial score (nSPS) is 15.7. The van der Waals surface area contributed by atoms with Gasteiger partial charge in [-0.15, -0.1) is 0 Å². The summed E-state index contributed by atoms with van der Waals surface area (Å²) in [4.78, 5) is 14.1. The second-order valence-corrected chi connectivity index (χ2v) is 4.85. The van der Waals surface area contributed by atoms with Crippen molar-refractivity contribution in [2.45, 2.75) is 6.42 Å². The Morgan fingerprint density at radius 3 is 2.58 bits per heavy atom. The van der Waals surface area contributed by atoms with Gasteiger partial charge in [0, 0.05) is 13.1 Å². The van der Waals surface area contributed by atoms with Crippen molar-refractivity contribution < 1.29 is 9.53 Å². The molecule has 0 aromatic heterocycles. The molecule has 19 heavy (non-hydrogen) atoms. The highest BCUT2D eigenvalue weighted by Gasteiger charge is 2.16. The Labute approximate surface area is 112 Å². The zero-order valence-corrected chi connectivity index (χ0v) is 10.8. The molecule has 3 rings (SSSR count). The largest absolute Gasteiger partial charge is 0.378 e. The van der Waals surface area contributed by atoms with Crippen LogP contribution in [-0.4, -0.2) is 37.1 Å². The average Bonchev–Trinajstić information content (AvgIpc) is 2.48. The topological polar surface area (TPSA) is 29.5 Å². The summed E-state index contributed by atoms with van der Waals surface area (Å²) in [5, 5.41) is 2.40. The van der Waals surface area contributed by atoms with Gasteiger partial charge in [-0.2, -0.15) is 0 Å². The monoisotopic (exact) mass is 255 g/mol. The number of fused-ring (bicyclic) bond motifs is 1. The van der Waals surface area contributed by atoms with Gasteiger partial charge in [0.05, 0.1) is 19.6 Å². The fraction of sp³-hybridized carbons (Fsp3) is 0.312. The Hall–Kier alpha value is -1.87. The van der Waals surface area contributed by atoms with E-state index in [-0.39, 0.29) is 5.91 Å². The summed E-state index contributed by atoms with van der Waals surface area (Å²) in [6.45, 7) is 2.74. The molecular formula is C16H17NO2. The van der Waals surface area contributed by atoms with Gasteiger partial charge in [-0.3, -0.25) is 4.79 Å². The number of carbonyl (C=O) groups is 1. The van der Waals surface area contributed by atoms with E-state index in [1.165, 1.54) is 10.8 Å². The van der Waals surface area contributed by atoms with Gasteiger partial charge in [-0.25, -0.2) is 0 Å². The number of rotatable bonds is 2. The van der Waals surface area contributed by atoms with Crippen LogP contribution in [0.4, 0.5) is 0 Å². The van der Waals surface area contributed by atoms with E-state index < -0.39 is 0 Å². The Morgan fingerprint density at radius 2 is 1.79 bits per heavy atom. The van der Waals surface area contributed by atoms with Crippen LogP contribution in [0.3, 0.4) is 0 Å². The van der Waals surface area contributed by atoms with Crippen LogP contribution in [0, 0.1) is 0 Å². The number of hydrogen-bond acceptors (Lipinski definition) is 2. The van der Waals surface area contributed by atoms with Crippen molar-refractivity contribution >= 4 is 16.7 Å². The quantitative estimate of drug-likeness (QED) is 0.823. The summed E-state index contributed by atoms with van der Waals surface area (Å²) in [5.74, 6) is 0.193. The highest BCUT2D eigenvalue weighted by Crippen LogP contribution is 2.16. The van der Waals surface area contributed by atoms with E-state index in [4.69, 9.17) is 4.74 Å². The highest BCUT2D eigenvalue weighted by molar-refractivity contribution is 5.85. The van der Waals surface area contributed by atoms with Crippen molar-refractivity contribution in [1.82, 2.24) is 4.90 Å². The summed E-state index contributed by atoms with van der Waals surface area (Å²) < 4.78 is 5.26. The molecule has 0 atom stereocenters. The number of morpholine rings is 1. The summed E-state index contributed by atoms with van der Waals surface area (Å²) >= 11 is 0. The van der Waals surface area contributed by atoms with Gasteiger partial charge in [0.15, 0.2) is 0 Å². The lowest BCUT2D eigenvalue weighted by Gasteiger charge is -2.26. The van der Waals surface area contributed by atoms with Gasteiger partial charge >= 0.3 is 0 Å². The van der Waals surface area contributed by atoms with Crippen molar-refractivity contribution in [1.29, 1.82) is 0 Å². The number of benzene rings is 2. The molecule has 1 amide bonds. The molecule has 0 saturated carbocycles. The molecule has 0 aliphatic carbocycles. The molecule has 0 N–H and O–H groups in total. The van der Waals surface area contributed by atoms with Crippen LogP contribution in [-0.2, 0) is 16.0 Å². The van der Waals surface area contributed by atoms with Crippen LogP contribution >= 0.6 is 0 Å². The second-order valence-electron chi connectivity index (χ2n) is 4.85. The van der Waals surface area contributed by atoms with Crippen molar-refractivity contribution in [3.63, 3.8) is 0 Å². The lowest BCUT2D eigenvalue weighted by atomic mass is 10.0. The number of amides is 1. The molecule has 0 bridgehead atoms. The third-order valence-electron chi connectivity index (χ3n) is 3.53. The van der Waals surface area contributed by atoms with E-state index in [1.807, 2.05) is 23.1 Å². The predicted octanol–water partition coefficient (Wildman–Crippen LogP) is 2.24. The number of ether oxygens (including phenoxy) is 1. The molecule has 98 valence electrons. The van der Waals surface area contributed by atoms with E-state index in [2.05, 4.69) is 24.3 Å². The molecule has 1 aliphatic rings. The fourth-order valence-electron chi connectivity index (χ4n) is 2.45. The van der Waals surface area contributed by atoms with Crippen molar-refractivity contribution in [2.75, 3.05) is 26.3 Å². The molecule has 3 heteroatoms. The van der Waals surface area contributed by atoms with Crippen molar-refractivity contribution in [2.24, 2.45) is 0 Å². The second kappa shape index (κ2) is 5.41. The van der Waals surface area contributed by atoms with Crippen LogP contribution in [0.25, 0.3) is 10.8 Å². The van der Waals surface area contributed by atoms with E-state index in [0.717, 1.165) is 5.56 Å². The Balaban J connectivity index is 1.75. The van der Waals surface area contributed by atoms with E-state index in [0.29, 0.717) is 32.7 Å². The fourth-order valence-corrected chi connectivity index (χ4v) is 2.45. The summed E-state index contributed by atoms with van der Waals surface area (Å²) in [7, 11) is 0. The summed E-state index contributed by atoms with van der Waals surface area (Å²) in [6.07, 6.45) is 0.477. The summed E-state index contributed by atoms with van der Waals surface area (Å²) in [5.41, 5.74) is 1.08. The van der Waals surface area contributed by atoms with Crippen LogP contribution in [0.15, 0.2) is 42.5 Å². The van der Waals surface area contributed by atoms with Gasteiger partial charge in [-0.05, 0) is 16.3 Å². The highest BCUT2D eigenvalue weighted by atomic mass is 16.5. The third-order valence-corrected chi connectivity index (χ3v) is 3.53. The lowest BCUT2D eigenvalue weighted by Crippen LogP contribution is -2.41. The number of carbonyl (C=O) groups excluding carboxylic acids is 1. The Kier molecular flexibility index (Phi) is 3.47. The first-order valence-corrected chi connectivity index (χ1v) is 6.66. The maximum absolute atomic E-state index is 12.2. The van der Waals surface area contributed by atoms with E-state index in [1.54, 1.807) is 0 Å². The minimum absolute atomic E-state index is 0.193. The van der Waals surface area contributed by atoms with Gasteiger partial charge in [0.2, 0.25) is 5.91 Å². The van der Waals surface area contributed by atoms with Crippen molar-refractivity contribution in [3.8, 4) is 0 Å². The zero-order chi connectivity index (χ0) is 13.1. The van der Waals surface area contributed by atoms with E-state index >= 15 is 0 Å². The lowest BCUT2D eigenvalue weighted by molar-refractivity contribution is -0.134. The van der Waals surface area contributed by atoms with Crippen LogP contribution in [0.2, 0.25) is 0 Å². The first-order chi connectivity index (χ1) is 9.33. The minimum atomic E-state index is 0.193. The average molecular weight is 255 g/mol. The smallest absolute Gasteiger partial charge is 0.227 e. The molecule has 2 aromatic rings. The van der Waals surface area contributed by atoms with Gasteiger partial charge in [0.1, 0.15) is 0 Å². The first kappa shape index (κ1) is 12.2. The molecule has 0 spiro atoms. The molecule has 1 saturated heterocycles. The SMILES string of the molecule is O=C(Cc1ccc2ccccc2c1)N1CCOCC1. The Morgan fingerprint density at radius 1 is 1.05 bits per heavy atom. The predicted molar refractivity (Wildman–Crippen MR) is 75.1 cm³/mol. The molecule has 0 unspecified atom stereocenters. The summed E-state index contributed by atoms with van der Waals surface area (Å²) in [6, 6.07) is 14.4. The molecule has 3 nitrogen and oxygen atoms in total. The van der Waals surface area contributed by atoms with Crippen molar-refractivity contribution in [3.05, 3.63) is 48.0 Å². The number of hydrogen-bond donors (Lipinski definition) is 0. The van der Waals surface area contributed by atoms with Crippen LogP contribution in [0.5, 0.6) is 0 Å².